The largest absolute Gasteiger partial charge is 0.475 e. The van der Waals surface area contributed by atoms with Gasteiger partial charge in [0.1, 0.15) is 60.9 Å². The molecule has 0 unspecified atom stereocenters. The zero-order valence-electron chi connectivity index (χ0n) is 44.2. The van der Waals surface area contributed by atoms with Gasteiger partial charge in [-0.1, -0.05) is 42.8 Å². The summed E-state index contributed by atoms with van der Waals surface area (Å²) in [6.07, 6.45) is 7.94. The van der Waals surface area contributed by atoms with Crippen molar-refractivity contribution in [1.29, 1.82) is 5.26 Å². The van der Waals surface area contributed by atoms with E-state index in [1.54, 1.807) is 16.8 Å². The lowest BCUT2D eigenvalue weighted by atomic mass is 9.87. The lowest BCUT2D eigenvalue weighted by molar-refractivity contribution is -0.143. The smallest absolute Gasteiger partial charge is 0.253 e. The number of fused-ring (bicyclic) bond motifs is 1. The van der Waals surface area contributed by atoms with Gasteiger partial charge in [-0.15, -0.1) is 0 Å². The van der Waals surface area contributed by atoms with Crippen LogP contribution in [0.2, 0.25) is 5.02 Å². The fraction of sp³-hybridized carbons (Fsp3) is 0.411. The number of aromatic nitrogens is 5. The van der Waals surface area contributed by atoms with E-state index in [0.29, 0.717) is 29.8 Å². The number of nitrogens with zero attached hydrogens (tertiary/aromatic N) is 10. The maximum absolute atomic E-state index is 15.4. The second-order valence-electron chi connectivity index (χ2n) is 19.8. The minimum atomic E-state index is -3.06. The average molecular weight is 1140 g/mol. The van der Waals surface area contributed by atoms with E-state index in [1.165, 1.54) is 42.6 Å². The number of piperidine rings is 1. The van der Waals surface area contributed by atoms with Crippen molar-refractivity contribution in [2.45, 2.75) is 88.5 Å². The van der Waals surface area contributed by atoms with Crippen molar-refractivity contribution in [2.75, 3.05) is 79.3 Å². The quantitative estimate of drug-likeness (QED) is 0.0454. The number of ether oxygens (including phenoxy) is 3. The molecule has 81 heavy (non-hydrogen) atoms. The Bertz CT molecular complexity index is 3250. The van der Waals surface area contributed by atoms with E-state index in [0.717, 1.165) is 82.6 Å². The Hall–Kier alpha value is -7.98. The molecule has 3 aliphatic rings. The van der Waals surface area contributed by atoms with Crippen LogP contribution in [0.5, 0.6) is 5.88 Å². The Labute approximate surface area is 468 Å². The number of hydrogen-bond acceptors (Lipinski definition) is 15. The third kappa shape index (κ3) is 13.8. The van der Waals surface area contributed by atoms with E-state index in [2.05, 4.69) is 37.5 Å². The van der Waals surface area contributed by atoms with Gasteiger partial charge in [-0.05, 0) is 68.0 Å². The molecule has 3 fully saturated rings. The zero-order chi connectivity index (χ0) is 57.2. The molecule has 20 nitrogen and oxygen atoms in total. The summed E-state index contributed by atoms with van der Waals surface area (Å²) >= 11 is 6.63. The Morgan fingerprint density at radius 1 is 0.963 bits per heavy atom. The molecule has 3 N–H and O–H groups in total. The molecule has 3 atom stereocenters. The van der Waals surface area contributed by atoms with Gasteiger partial charge in [0.2, 0.25) is 23.6 Å². The van der Waals surface area contributed by atoms with Gasteiger partial charge in [0.15, 0.2) is 5.65 Å². The Balaban J connectivity index is 0.815. The molecule has 2 aliphatic heterocycles. The summed E-state index contributed by atoms with van der Waals surface area (Å²) in [5.41, 5.74) is 2.17. The fourth-order valence-electron chi connectivity index (χ4n) is 10.2. The molecule has 25 heteroatoms. The van der Waals surface area contributed by atoms with Crippen LogP contribution in [0.4, 0.5) is 40.7 Å². The minimum absolute atomic E-state index is 0.0341. The molecule has 1 saturated carbocycles. The molecule has 4 aromatic heterocycles. The van der Waals surface area contributed by atoms with Crippen LogP contribution in [-0.4, -0.2) is 142 Å². The summed E-state index contributed by atoms with van der Waals surface area (Å²) in [7, 11) is 0. The van der Waals surface area contributed by atoms with E-state index < -0.39 is 97.5 Å². The first kappa shape index (κ1) is 57.7. The van der Waals surface area contributed by atoms with Crippen molar-refractivity contribution in [2.24, 2.45) is 0 Å². The summed E-state index contributed by atoms with van der Waals surface area (Å²) in [4.78, 5) is 76.5. The standard InChI is InChI=1S/C56H59ClF4N12O8/c1-2-37-31-66-73-47(25-48(68-53(37)73)70-15-6-5-7-41(70)13-16-74)64-29-36-10-11-49(65-30-36)81-20-19-79-17-18-80-34-51(76)69-32-45(72(50(75)33-69)46-21-35(28-62)12-14-63-46)55(78)71(42-23-38(58)22-39(59)24-42)52(43-8-3-4-9-44(43)57)54(77)67-40-26-56(60,61)27-40/h3-4,8-12,14,21-25,30-31,40-41,45,52,64,74H,2,5-7,13,15-20,26-27,29,32-34H2,1H3,(H,67,77)/t41-,45-,52-/m0/s1. The van der Waals surface area contributed by atoms with Crippen LogP contribution in [0.3, 0.4) is 0 Å². The van der Waals surface area contributed by atoms with Gasteiger partial charge >= 0.3 is 0 Å². The van der Waals surface area contributed by atoms with Gasteiger partial charge in [-0.3, -0.25) is 29.0 Å². The topological polar surface area (TPSA) is 233 Å². The zero-order valence-corrected chi connectivity index (χ0v) is 44.9. The number of aliphatic hydroxyl groups excluding tert-OH is 1. The number of aliphatic hydroxyl groups is 1. The summed E-state index contributed by atoms with van der Waals surface area (Å²) in [6, 6.07) is 13.5. The molecule has 6 aromatic rings. The number of alkyl halides is 2. The number of rotatable bonds is 23. The van der Waals surface area contributed by atoms with Gasteiger partial charge in [0.25, 0.3) is 11.8 Å². The number of pyridine rings is 2. The Kier molecular flexibility index (Phi) is 18.6. The summed E-state index contributed by atoms with van der Waals surface area (Å²) in [6.45, 7) is 1.97. The van der Waals surface area contributed by atoms with Crippen LogP contribution in [0.25, 0.3) is 5.65 Å². The van der Waals surface area contributed by atoms with E-state index >= 15 is 13.6 Å². The number of nitrogens with one attached hydrogen (secondary N) is 2. The molecule has 6 heterocycles. The lowest BCUT2D eigenvalue weighted by Crippen LogP contribution is -2.65. The first-order valence-corrected chi connectivity index (χ1v) is 26.9. The van der Waals surface area contributed by atoms with Gasteiger partial charge < -0.3 is 39.8 Å². The van der Waals surface area contributed by atoms with Crippen molar-refractivity contribution in [3.05, 3.63) is 130 Å². The van der Waals surface area contributed by atoms with Gasteiger partial charge in [0, 0.05) is 91.4 Å². The maximum atomic E-state index is 15.4. The molecule has 9 rings (SSSR count). The van der Waals surface area contributed by atoms with E-state index in [4.69, 9.17) is 30.8 Å². The Morgan fingerprint density at radius 3 is 2.47 bits per heavy atom. The SMILES string of the molecule is CCc1cnn2c(NCc3ccc(OCCOCCOCC(=O)N4CC(=O)N(c5cc(C#N)ccn5)[C@H](C(=O)N(c5cc(F)cc(F)c5)[C@H](C(=O)NC5CC(F)(F)C5)c5ccccc5Cl)C4)nc3)cc(N3CCCC[C@H]3CCO)nc12. The number of aryl methyl sites for hydroxylation is 1. The van der Waals surface area contributed by atoms with Crippen LogP contribution >= 0.6 is 11.6 Å². The van der Waals surface area contributed by atoms with E-state index in [1.807, 2.05) is 24.4 Å². The number of amides is 4. The monoisotopic (exact) mass is 1140 g/mol. The molecule has 2 aromatic carbocycles. The van der Waals surface area contributed by atoms with Crippen molar-refractivity contribution in [3.63, 3.8) is 0 Å². The van der Waals surface area contributed by atoms with E-state index in [-0.39, 0.29) is 61.0 Å². The maximum Gasteiger partial charge on any atom is 0.253 e. The number of nitriles is 1. The highest BCUT2D eigenvalue weighted by Crippen LogP contribution is 2.40. The molecular weight excluding hydrogens is 1080 g/mol. The number of hydrogen-bond donors (Lipinski definition) is 3. The molecule has 0 spiro atoms. The van der Waals surface area contributed by atoms with Crippen LogP contribution in [0.1, 0.15) is 73.7 Å². The van der Waals surface area contributed by atoms with Gasteiger partial charge in [0.05, 0.1) is 49.9 Å². The predicted octanol–water partition coefficient (Wildman–Crippen LogP) is 6.58. The van der Waals surface area contributed by atoms with Crippen molar-refractivity contribution in [1.82, 2.24) is 34.8 Å². The second-order valence-corrected chi connectivity index (χ2v) is 20.2. The third-order valence-corrected chi connectivity index (χ3v) is 14.6. The van der Waals surface area contributed by atoms with Crippen LogP contribution in [0, 0.1) is 23.0 Å². The number of benzene rings is 2. The Morgan fingerprint density at radius 2 is 1.74 bits per heavy atom. The summed E-state index contributed by atoms with van der Waals surface area (Å²) in [5, 5.41) is 30.0. The number of carbonyl (C=O) groups excluding carboxylic acids is 4. The van der Waals surface area contributed by atoms with Crippen molar-refractivity contribution >= 4 is 64.0 Å². The van der Waals surface area contributed by atoms with E-state index in [9.17, 15) is 33.5 Å². The molecule has 0 radical (unpaired) electrons. The average Bonchev–Trinajstić information content (AvgIpc) is 4.00. The first-order chi connectivity index (χ1) is 39.1. The highest BCUT2D eigenvalue weighted by Gasteiger charge is 2.49. The number of halogens is 5. The molecule has 4 amide bonds. The summed E-state index contributed by atoms with van der Waals surface area (Å²) < 4.78 is 77.2. The third-order valence-electron chi connectivity index (χ3n) is 14.2. The minimum Gasteiger partial charge on any atom is -0.475 e. The molecule has 2 saturated heterocycles. The lowest BCUT2D eigenvalue weighted by Gasteiger charge is -2.43. The van der Waals surface area contributed by atoms with Gasteiger partial charge in [-0.25, -0.2) is 32.5 Å². The number of piperazine rings is 1. The van der Waals surface area contributed by atoms with Crippen LogP contribution in [-0.2, 0) is 41.6 Å². The normalized spacial score (nSPS) is 17.6. The fourth-order valence-corrected chi connectivity index (χ4v) is 10.4. The number of carbonyl (C=O) groups is 4. The van der Waals surface area contributed by atoms with Gasteiger partial charge in [-0.2, -0.15) is 14.9 Å². The van der Waals surface area contributed by atoms with Crippen molar-refractivity contribution < 1.29 is 56.1 Å². The predicted molar refractivity (Wildman–Crippen MR) is 289 cm³/mol. The summed E-state index contributed by atoms with van der Waals surface area (Å²) in [5.74, 6) is -7.37. The molecule has 426 valence electrons. The number of anilines is 4. The van der Waals surface area contributed by atoms with Crippen LogP contribution in [0.15, 0.2) is 91.4 Å². The highest BCUT2D eigenvalue weighted by molar-refractivity contribution is 6.31. The highest BCUT2D eigenvalue weighted by atomic mass is 35.5. The van der Waals surface area contributed by atoms with Crippen LogP contribution < -0.4 is 30.1 Å². The molecule has 1 aliphatic carbocycles. The second kappa shape index (κ2) is 26.1. The van der Waals surface area contributed by atoms with Crippen molar-refractivity contribution in [3.8, 4) is 11.9 Å². The first-order valence-electron chi connectivity index (χ1n) is 26.5. The molecular formula is C56H59ClF4N12O8. The molecule has 0 bridgehead atoms.